The Hall–Kier alpha value is -0.830. The third-order valence-electron chi connectivity index (χ3n) is 2.38. The number of halogens is 1. The number of amides is 1. The van der Waals surface area contributed by atoms with Gasteiger partial charge < -0.3 is 9.64 Å². The SMILES string of the molecule is CC1CN(C(=O)On2cc(I)cn2)CC(C)O1. The van der Waals surface area contributed by atoms with Crippen molar-refractivity contribution in [3.8, 4) is 0 Å². The van der Waals surface area contributed by atoms with Crippen LogP contribution in [0.4, 0.5) is 4.79 Å². The molecule has 0 bridgehead atoms. The summed E-state index contributed by atoms with van der Waals surface area (Å²) in [7, 11) is 0. The van der Waals surface area contributed by atoms with Crippen molar-refractivity contribution in [2.24, 2.45) is 0 Å². The Kier molecular flexibility index (Phi) is 3.87. The van der Waals surface area contributed by atoms with Crippen LogP contribution in [-0.4, -0.2) is 46.2 Å². The Morgan fingerprint density at radius 2 is 2.18 bits per heavy atom. The molecule has 0 spiro atoms. The zero-order valence-electron chi connectivity index (χ0n) is 9.67. The first kappa shape index (κ1) is 12.6. The van der Waals surface area contributed by atoms with E-state index in [1.54, 1.807) is 17.3 Å². The standard InChI is InChI=1S/C10H14IN3O3/c1-7-4-13(5-8(2)16-7)10(15)17-14-6-9(11)3-12-14/h3,6-8H,4-5H2,1-2H3. The van der Waals surface area contributed by atoms with Crippen LogP contribution in [-0.2, 0) is 4.74 Å². The molecule has 1 amide bonds. The van der Waals surface area contributed by atoms with E-state index in [1.807, 2.05) is 13.8 Å². The highest BCUT2D eigenvalue weighted by Gasteiger charge is 2.27. The zero-order chi connectivity index (χ0) is 12.4. The first-order valence-corrected chi connectivity index (χ1v) is 6.45. The third-order valence-corrected chi connectivity index (χ3v) is 2.94. The molecule has 1 aromatic heterocycles. The van der Waals surface area contributed by atoms with E-state index in [4.69, 9.17) is 9.57 Å². The fourth-order valence-electron chi connectivity index (χ4n) is 1.80. The Morgan fingerprint density at radius 3 is 2.71 bits per heavy atom. The smallest absolute Gasteiger partial charge is 0.372 e. The minimum absolute atomic E-state index is 0.0315. The number of morpholine rings is 1. The minimum atomic E-state index is -0.397. The van der Waals surface area contributed by atoms with E-state index in [9.17, 15) is 4.79 Å². The van der Waals surface area contributed by atoms with E-state index in [0.29, 0.717) is 13.1 Å². The van der Waals surface area contributed by atoms with Crippen molar-refractivity contribution in [3.05, 3.63) is 16.0 Å². The first-order chi connectivity index (χ1) is 8.04. The summed E-state index contributed by atoms with van der Waals surface area (Å²) in [6.07, 6.45) is 2.93. The Labute approximate surface area is 113 Å². The number of carbonyl (C=O) groups is 1. The van der Waals surface area contributed by atoms with Gasteiger partial charge in [0.1, 0.15) is 0 Å². The summed E-state index contributed by atoms with van der Waals surface area (Å²) in [5.74, 6) is 0. The van der Waals surface area contributed by atoms with E-state index in [1.165, 1.54) is 4.85 Å². The number of ether oxygens (including phenoxy) is 1. The summed E-state index contributed by atoms with van der Waals surface area (Å²) in [4.78, 5) is 19.8. The molecule has 94 valence electrons. The summed E-state index contributed by atoms with van der Waals surface area (Å²) in [5.41, 5.74) is 0. The normalized spacial score (nSPS) is 24.8. The molecule has 0 N–H and O–H groups in total. The van der Waals surface area contributed by atoms with Crippen LogP contribution in [0.1, 0.15) is 13.8 Å². The van der Waals surface area contributed by atoms with Crippen molar-refractivity contribution in [2.45, 2.75) is 26.1 Å². The molecule has 2 atom stereocenters. The van der Waals surface area contributed by atoms with Crippen LogP contribution >= 0.6 is 22.6 Å². The van der Waals surface area contributed by atoms with E-state index >= 15 is 0 Å². The number of carbonyl (C=O) groups excluding carboxylic acids is 1. The molecule has 0 aliphatic carbocycles. The fourth-order valence-corrected chi connectivity index (χ4v) is 2.16. The maximum Gasteiger partial charge on any atom is 0.436 e. The number of aromatic nitrogens is 2. The van der Waals surface area contributed by atoms with E-state index < -0.39 is 6.09 Å². The molecule has 1 fully saturated rings. The van der Waals surface area contributed by atoms with Crippen LogP contribution in [0.15, 0.2) is 12.4 Å². The van der Waals surface area contributed by atoms with Gasteiger partial charge in [0.15, 0.2) is 0 Å². The van der Waals surface area contributed by atoms with Gasteiger partial charge in [-0.1, -0.05) is 4.85 Å². The van der Waals surface area contributed by atoms with Crippen LogP contribution in [0, 0.1) is 3.57 Å². The predicted octanol–water partition coefficient (Wildman–Crippen LogP) is 1.15. The number of hydrogen-bond acceptors (Lipinski definition) is 4. The van der Waals surface area contributed by atoms with Gasteiger partial charge in [-0.15, -0.1) is 5.10 Å². The number of hydrogen-bond donors (Lipinski definition) is 0. The highest BCUT2D eigenvalue weighted by atomic mass is 127. The monoisotopic (exact) mass is 351 g/mol. The molecule has 0 aromatic carbocycles. The van der Waals surface area contributed by atoms with Gasteiger partial charge in [-0.25, -0.2) is 4.79 Å². The van der Waals surface area contributed by atoms with E-state index in [2.05, 4.69) is 27.7 Å². The Bertz CT molecular complexity index is 399. The van der Waals surface area contributed by atoms with Gasteiger partial charge in [0, 0.05) is 0 Å². The third kappa shape index (κ3) is 3.32. The Balaban J connectivity index is 1.95. The van der Waals surface area contributed by atoms with E-state index in [-0.39, 0.29) is 12.2 Å². The zero-order valence-corrected chi connectivity index (χ0v) is 11.8. The maximum absolute atomic E-state index is 11.9. The molecule has 2 unspecified atom stereocenters. The maximum atomic E-state index is 11.9. The van der Waals surface area contributed by atoms with Crippen molar-refractivity contribution in [1.82, 2.24) is 14.8 Å². The number of rotatable bonds is 1. The molecule has 1 aliphatic heterocycles. The second-order valence-corrected chi connectivity index (χ2v) is 5.33. The molecule has 0 radical (unpaired) electrons. The van der Waals surface area contributed by atoms with Gasteiger partial charge in [0.25, 0.3) is 0 Å². The molecule has 2 rings (SSSR count). The van der Waals surface area contributed by atoms with Crippen LogP contribution in [0.3, 0.4) is 0 Å². The second kappa shape index (κ2) is 5.21. The average molecular weight is 351 g/mol. The average Bonchev–Trinajstić information content (AvgIpc) is 2.62. The Morgan fingerprint density at radius 1 is 1.53 bits per heavy atom. The van der Waals surface area contributed by atoms with Crippen LogP contribution < -0.4 is 4.84 Å². The summed E-state index contributed by atoms with van der Waals surface area (Å²) in [6, 6.07) is 0. The molecule has 1 aromatic rings. The molecule has 1 saturated heterocycles. The topological polar surface area (TPSA) is 56.6 Å². The molecule has 0 saturated carbocycles. The van der Waals surface area contributed by atoms with Crippen LogP contribution in [0.5, 0.6) is 0 Å². The quantitative estimate of drug-likeness (QED) is 0.713. The lowest BCUT2D eigenvalue weighted by atomic mass is 10.2. The molecule has 17 heavy (non-hydrogen) atoms. The van der Waals surface area contributed by atoms with Gasteiger partial charge in [-0.2, -0.15) is 0 Å². The fraction of sp³-hybridized carbons (Fsp3) is 0.600. The van der Waals surface area contributed by atoms with Crippen LogP contribution in [0.25, 0.3) is 0 Å². The minimum Gasteiger partial charge on any atom is -0.372 e. The molecule has 1 aliphatic rings. The lowest BCUT2D eigenvalue weighted by Gasteiger charge is -2.34. The van der Waals surface area contributed by atoms with Crippen molar-refractivity contribution >= 4 is 28.7 Å². The van der Waals surface area contributed by atoms with Gasteiger partial charge >= 0.3 is 6.09 Å². The van der Waals surface area contributed by atoms with Crippen molar-refractivity contribution in [2.75, 3.05) is 13.1 Å². The van der Waals surface area contributed by atoms with Gasteiger partial charge in [0.05, 0.1) is 41.3 Å². The van der Waals surface area contributed by atoms with Crippen LogP contribution in [0.2, 0.25) is 0 Å². The summed E-state index contributed by atoms with van der Waals surface area (Å²) >= 11 is 2.10. The molecular formula is C10H14IN3O3. The molecule has 2 heterocycles. The van der Waals surface area contributed by atoms with Gasteiger partial charge in [0.2, 0.25) is 0 Å². The molecule has 6 nitrogen and oxygen atoms in total. The largest absolute Gasteiger partial charge is 0.436 e. The lowest BCUT2D eigenvalue weighted by Crippen LogP contribution is -2.50. The summed E-state index contributed by atoms with van der Waals surface area (Å²) in [5, 5.41) is 3.90. The predicted molar refractivity (Wildman–Crippen MR) is 68.5 cm³/mol. The van der Waals surface area contributed by atoms with E-state index in [0.717, 1.165) is 3.57 Å². The number of nitrogens with zero attached hydrogens (tertiary/aromatic N) is 3. The summed E-state index contributed by atoms with van der Waals surface area (Å²) < 4.78 is 6.46. The van der Waals surface area contributed by atoms with Gasteiger partial charge in [-0.3, -0.25) is 4.84 Å². The highest BCUT2D eigenvalue weighted by molar-refractivity contribution is 14.1. The lowest BCUT2D eigenvalue weighted by molar-refractivity contribution is -0.0654. The van der Waals surface area contributed by atoms with Crippen molar-refractivity contribution in [1.29, 1.82) is 0 Å². The summed E-state index contributed by atoms with van der Waals surface area (Å²) in [6.45, 7) is 4.96. The first-order valence-electron chi connectivity index (χ1n) is 5.37. The van der Waals surface area contributed by atoms with Gasteiger partial charge in [-0.05, 0) is 36.4 Å². The van der Waals surface area contributed by atoms with Crippen molar-refractivity contribution in [3.63, 3.8) is 0 Å². The molecule has 7 heteroatoms. The van der Waals surface area contributed by atoms with Crippen molar-refractivity contribution < 1.29 is 14.4 Å². The highest BCUT2D eigenvalue weighted by Crippen LogP contribution is 2.11. The molecular weight excluding hydrogens is 337 g/mol. The second-order valence-electron chi connectivity index (χ2n) is 4.08.